The van der Waals surface area contributed by atoms with Crippen LogP contribution in [-0.4, -0.2) is 39.9 Å². The highest BCUT2D eigenvalue weighted by Gasteiger charge is 2.20. The Morgan fingerprint density at radius 1 is 0.190 bits per heavy atom. The molecule has 0 aliphatic carbocycles. The first-order valence-corrected chi connectivity index (χ1v) is 28.1. The van der Waals surface area contributed by atoms with Gasteiger partial charge in [-0.25, -0.2) is 29.9 Å². The van der Waals surface area contributed by atoms with Crippen LogP contribution in [0.25, 0.3) is 167 Å². The number of hydrogen-bond acceptors (Lipinski definition) is 8. The standard InChI is InChI=1S/C76H46N8/c1-2-15-50(16-3-1)71-79-72(51-35-29-47(30-36-51)58-41-43-77-69-28-13-12-25-65(58)69)81-73(80-71)52-39-33-49(34-40-52)60-26-14-27-66-59(42-44-78-70(60)66)48-31-37-53(38-32-48)74-82-75(67-45-54-17-4-6-19-56(54)61-21-8-10-23-63(61)67)84-76(83-74)68-46-55-18-5-7-20-57(55)62-22-9-11-24-64(62)68/h1-46H. The second-order valence-electron chi connectivity index (χ2n) is 21.0. The molecule has 4 heterocycles. The number of benzene rings is 12. The molecular formula is C76H46N8. The summed E-state index contributed by atoms with van der Waals surface area (Å²) in [5.41, 5.74) is 13.7. The lowest BCUT2D eigenvalue weighted by atomic mass is 9.95. The monoisotopic (exact) mass is 1070 g/mol. The summed E-state index contributed by atoms with van der Waals surface area (Å²) in [6, 6.07) is 92.8. The van der Waals surface area contributed by atoms with E-state index in [0.29, 0.717) is 34.9 Å². The molecule has 0 saturated heterocycles. The molecule has 0 saturated carbocycles. The molecule has 16 rings (SSSR count). The van der Waals surface area contributed by atoms with E-state index in [1.165, 1.54) is 10.8 Å². The summed E-state index contributed by atoms with van der Waals surface area (Å²) in [7, 11) is 0. The molecule has 12 aromatic carbocycles. The van der Waals surface area contributed by atoms with E-state index >= 15 is 0 Å². The van der Waals surface area contributed by atoms with Crippen LogP contribution in [0.15, 0.2) is 279 Å². The van der Waals surface area contributed by atoms with Crippen molar-refractivity contribution >= 4 is 64.9 Å². The van der Waals surface area contributed by atoms with Crippen LogP contribution in [0.2, 0.25) is 0 Å². The SMILES string of the molecule is c1ccc(-c2nc(-c3ccc(-c4ccnc5ccccc45)cc3)nc(-c3ccc(-c4cccc5c(-c6ccc(-c7nc(-c8cc9ccccc9c9ccccc89)nc(-c8cc9ccccc9c9ccccc89)n7)cc6)ccnc45)cc3)n2)cc1. The van der Waals surface area contributed by atoms with Crippen molar-refractivity contribution in [3.05, 3.63) is 279 Å². The average molecular weight is 1070 g/mol. The summed E-state index contributed by atoms with van der Waals surface area (Å²) in [4.78, 5) is 40.8. The van der Waals surface area contributed by atoms with Gasteiger partial charge in [-0.05, 0) is 101 Å². The van der Waals surface area contributed by atoms with Crippen molar-refractivity contribution in [1.29, 1.82) is 0 Å². The average Bonchev–Trinajstić information content (AvgIpc) is 3.34. The van der Waals surface area contributed by atoms with Gasteiger partial charge in [0.25, 0.3) is 0 Å². The van der Waals surface area contributed by atoms with E-state index in [9.17, 15) is 0 Å². The molecule has 0 unspecified atom stereocenters. The number of hydrogen-bond donors (Lipinski definition) is 0. The third-order valence-electron chi connectivity index (χ3n) is 16.1. The highest BCUT2D eigenvalue weighted by atomic mass is 15.0. The van der Waals surface area contributed by atoms with Gasteiger partial charge in [0.15, 0.2) is 34.9 Å². The lowest BCUT2D eigenvalue weighted by molar-refractivity contribution is 1.07. The van der Waals surface area contributed by atoms with Crippen LogP contribution in [0, 0.1) is 0 Å². The van der Waals surface area contributed by atoms with Gasteiger partial charge in [-0.2, -0.15) is 0 Å². The number of fused-ring (bicyclic) bond motifs is 8. The number of rotatable bonds is 9. The quantitative estimate of drug-likeness (QED) is 0.132. The van der Waals surface area contributed by atoms with Gasteiger partial charge in [0.05, 0.1) is 11.0 Å². The van der Waals surface area contributed by atoms with E-state index in [1.54, 1.807) is 0 Å². The van der Waals surface area contributed by atoms with Gasteiger partial charge >= 0.3 is 0 Å². The van der Waals surface area contributed by atoms with E-state index in [2.05, 4.69) is 223 Å². The van der Waals surface area contributed by atoms with Crippen LogP contribution in [0.4, 0.5) is 0 Å². The number of para-hydroxylation sites is 2. The smallest absolute Gasteiger partial charge is 0.164 e. The summed E-state index contributed by atoms with van der Waals surface area (Å²) in [6.45, 7) is 0. The Labute approximate surface area is 483 Å². The third-order valence-corrected chi connectivity index (χ3v) is 16.1. The molecule has 0 fully saturated rings. The second-order valence-corrected chi connectivity index (χ2v) is 21.0. The van der Waals surface area contributed by atoms with Crippen molar-refractivity contribution < 1.29 is 0 Å². The lowest BCUT2D eigenvalue weighted by Gasteiger charge is -2.14. The zero-order valence-electron chi connectivity index (χ0n) is 45.1. The zero-order chi connectivity index (χ0) is 55.5. The predicted molar refractivity (Wildman–Crippen MR) is 343 cm³/mol. The molecule has 390 valence electrons. The van der Waals surface area contributed by atoms with Crippen LogP contribution >= 0.6 is 0 Å². The largest absolute Gasteiger partial charge is 0.256 e. The first kappa shape index (κ1) is 48.4. The molecule has 4 aromatic heterocycles. The molecular weight excluding hydrogens is 1020 g/mol. The van der Waals surface area contributed by atoms with Gasteiger partial charge < -0.3 is 0 Å². The van der Waals surface area contributed by atoms with E-state index in [1.807, 2.05) is 60.9 Å². The first-order valence-electron chi connectivity index (χ1n) is 28.1. The Kier molecular flexibility index (Phi) is 11.7. The topological polar surface area (TPSA) is 103 Å². The second kappa shape index (κ2) is 20.3. The first-order chi connectivity index (χ1) is 41.6. The van der Waals surface area contributed by atoms with Crippen molar-refractivity contribution in [3.8, 4) is 102 Å². The molecule has 0 aliphatic rings. The van der Waals surface area contributed by atoms with Crippen molar-refractivity contribution in [1.82, 2.24) is 39.9 Å². The van der Waals surface area contributed by atoms with Crippen LogP contribution in [0.3, 0.4) is 0 Å². The summed E-state index contributed by atoms with van der Waals surface area (Å²) < 4.78 is 0. The molecule has 0 aliphatic heterocycles. The fraction of sp³-hybridized carbons (Fsp3) is 0. The van der Waals surface area contributed by atoms with Gasteiger partial charge in [0.1, 0.15) is 0 Å². The van der Waals surface area contributed by atoms with Crippen LogP contribution in [0.1, 0.15) is 0 Å². The van der Waals surface area contributed by atoms with Gasteiger partial charge in [-0.1, -0.05) is 237 Å². The Bertz CT molecular complexity index is 5100. The van der Waals surface area contributed by atoms with Gasteiger partial charge in [0.2, 0.25) is 0 Å². The summed E-state index contributed by atoms with van der Waals surface area (Å²) in [5.74, 6) is 3.62. The van der Waals surface area contributed by atoms with Gasteiger partial charge in [-0.15, -0.1) is 0 Å². The molecule has 84 heavy (non-hydrogen) atoms. The molecule has 0 radical (unpaired) electrons. The predicted octanol–water partition coefficient (Wildman–Crippen LogP) is 18.8. The maximum absolute atomic E-state index is 5.37. The van der Waals surface area contributed by atoms with Gasteiger partial charge in [-0.3, -0.25) is 9.97 Å². The molecule has 0 spiro atoms. The highest BCUT2D eigenvalue weighted by molar-refractivity contribution is 6.15. The zero-order valence-corrected chi connectivity index (χ0v) is 45.1. The number of pyridine rings is 2. The van der Waals surface area contributed by atoms with Crippen molar-refractivity contribution in [3.63, 3.8) is 0 Å². The summed E-state index contributed by atoms with van der Waals surface area (Å²) in [5, 5.41) is 11.3. The molecule has 0 atom stereocenters. The van der Waals surface area contributed by atoms with E-state index < -0.39 is 0 Å². The minimum absolute atomic E-state index is 0.588. The highest BCUT2D eigenvalue weighted by Crippen LogP contribution is 2.40. The Morgan fingerprint density at radius 3 is 1.07 bits per heavy atom. The van der Waals surface area contributed by atoms with Crippen molar-refractivity contribution in [2.24, 2.45) is 0 Å². The molecule has 0 N–H and O–H groups in total. The molecule has 0 bridgehead atoms. The third kappa shape index (κ3) is 8.56. The maximum atomic E-state index is 5.37. The molecule has 0 amide bonds. The van der Waals surface area contributed by atoms with Crippen LogP contribution in [-0.2, 0) is 0 Å². The van der Waals surface area contributed by atoms with E-state index in [4.69, 9.17) is 34.9 Å². The van der Waals surface area contributed by atoms with Crippen molar-refractivity contribution in [2.45, 2.75) is 0 Å². The molecule has 8 nitrogen and oxygen atoms in total. The van der Waals surface area contributed by atoms with Crippen LogP contribution in [0.5, 0.6) is 0 Å². The fourth-order valence-electron chi connectivity index (χ4n) is 12.0. The Morgan fingerprint density at radius 2 is 0.548 bits per heavy atom. The minimum atomic E-state index is 0.588. The Hall–Kier alpha value is -11.5. The minimum Gasteiger partial charge on any atom is -0.256 e. The van der Waals surface area contributed by atoms with Crippen LogP contribution < -0.4 is 0 Å². The van der Waals surface area contributed by atoms with Gasteiger partial charge in [0, 0.05) is 62.1 Å². The summed E-state index contributed by atoms with van der Waals surface area (Å²) in [6.07, 6.45) is 3.76. The number of nitrogens with zero attached hydrogens (tertiary/aromatic N) is 8. The van der Waals surface area contributed by atoms with E-state index in [-0.39, 0.29) is 0 Å². The molecule has 8 heteroatoms. The van der Waals surface area contributed by atoms with Crippen molar-refractivity contribution in [2.75, 3.05) is 0 Å². The Balaban J connectivity index is 0.751. The van der Waals surface area contributed by atoms with E-state index in [0.717, 1.165) is 121 Å². The lowest BCUT2D eigenvalue weighted by Crippen LogP contribution is -2.01. The fourth-order valence-corrected chi connectivity index (χ4v) is 12.0. The number of aromatic nitrogens is 8. The normalized spacial score (nSPS) is 11.6. The molecule has 16 aromatic rings. The maximum Gasteiger partial charge on any atom is 0.164 e. The summed E-state index contributed by atoms with van der Waals surface area (Å²) >= 11 is 0.